The number of anilines is 2. The van der Waals surface area contributed by atoms with Crippen molar-refractivity contribution in [2.45, 2.75) is 6.54 Å². The molecule has 0 saturated carbocycles. The number of nitrogens with zero attached hydrogens (tertiary/aromatic N) is 5. The Kier molecular flexibility index (Phi) is 8.01. The van der Waals surface area contributed by atoms with Gasteiger partial charge in [0.15, 0.2) is 0 Å². The third-order valence-corrected chi connectivity index (χ3v) is 8.91. The molecule has 0 atom stereocenters. The van der Waals surface area contributed by atoms with Gasteiger partial charge in [-0.05, 0) is 66.2 Å². The molecule has 1 N–H and O–H groups in total. The van der Waals surface area contributed by atoms with Crippen LogP contribution in [0.5, 0.6) is 5.75 Å². The van der Waals surface area contributed by atoms with Crippen molar-refractivity contribution in [1.29, 1.82) is 0 Å². The lowest BCUT2D eigenvalue weighted by Gasteiger charge is -2.36. The number of aryl methyl sites for hydroxylation is 1. The number of piperazine rings is 1. The Bertz CT molecular complexity index is 2080. The monoisotopic (exact) mass is 626 g/mol. The summed E-state index contributed by atoms with van der Waals surface area (Å²) >= 11 is 0. The average Bonchev–Trinajstić information content (AvgIpc) is 3.40. The van der Waals surface area contributed by atoms with E-state index in [4.69, 9.17) is 9.72 Å². The highest BCUT2D eigenvalue weighted by Crippen LogP contribution is 2.36. The number of carbonyl (C=O) groups excluding carboxylic acids is 1. The zero-order valence-corrected chi connectivity index (χ0v) is 26.2. The number of nitrogens with one attached hydrogen (secondary N) is 1. The fraction of sp³-hybridized carbons (Fsp3) is 0.189. The normalized spacial score (nSPS) is 13.6. The van der Waals surface area contributed by atoms with Gasteiger partial charge in [-0.2, -0.15) is 0 Å². The van der Waals surface area contributed by atoms with Crippen molar-refractivity contribution < 1.29 is 14.5 Å². The molecule has 1 saturated heterocycles. The molecule has 1 amide bonds. The maximum Gasteiger partial charge on any atom is 0.269 e. The molecule has 0 unspecified atom stereocenters. The number of amides is 1. The maximum absolute atomic E-state index is 13.5. The number of non-ortho nitro benzene ring substituents is 1. The summed E-state index contributed by atoms with van der Waals surface area (Å²) < 4.78 is 7.52. The van der Waals surface area contributed by atoms with Gasteiger partial charge in [0.05, 0.1) is 23.2 Å². The maximum atomic E-state index is 13.5. The van der Waals surface area contributed by atoms with Crippen molar-refractivity contribution in [2.24, 2.45) is 7.05 Å². The van der Waals surface area contributed by atoms with Gasteiger partial charge < -0.3 is 19.5 Å². The van der Waals surface area contributed by atoms with Crippen LogP contribution < -0.4 is 15.0 Å². The van der Waals surface area contributed by atoms with Crippen LogP contribution in [-0.2, 0) is 13.6 Å². The smallest absolute Gasteiger partial charge is 0.269 e. The lowest BCUT2D eigenvalue weighted by atomic mass is 10.1. The van der Waals surface area contributed by atoms with Gasteiger partial charge in [-0.3, -0.25) is 19.8 Å². The van der Waals surface area contributed by atoms with Crippen molar-refractivity contribution in [1.82, 2.24) is 14.5 Å². The zero-order chi connectivity index (χ0) is 32.5. The van der Waals surface area contributed by atoms with E-state index in [1.807, 2.05) is 85.9 Å². The van der Waals surface area contributed by atoms with E-state index >= 15 is 0 Å². The van der Waals surface area contributed by atoms with Crippen molar-refractivity contribution in [3.63, 3.8) is 0 Å². The first-order valence-corrected chi connectivity index (χ1v) is 15.5. The molecule has 3 heterocycles. The van der Waals surface area contributed by atoms with Crippen molar-refractivity contribution in [3.8, 4) is 17.0 Å². The minimum atomic E-state index is -0.377. The second-order valence-corrected chi connectivity index (χ2v) is 11.7. The minimum absolute atomic E-state index is 0.102. The van der Waals surface area contributed by atoms with E-state index in [2.05, 4.69) is 31.8 Å². The molecule has 10 heteroatoms. The molecule has 1 aliphatic rings. The SMILES string of the molecule is COc1ccc(-c2nc(NC(=O)c3ccc(CN4CCN(c5ccc([N+](=O)[O-])cc5)CC4)cc3)cc3c4ccccc4n(C)c23)cc1. The first-order valence-electron chi connectivity index (χ1n) is 15.5. The second-order valence-electron chi connectivity index (χ2n) is 11.7. The fourth-order valence-corrected chi connectivity index (χ4v) is 6.37. The molecule has 47 heavy (non-hydrogen) atoms. The van der Waals surface area contributed by atoms with Crippen LogP contribution in [0.25, 0.3) is 33.1 Å². The summed E-state index contributed by atoms with van der Waals surface area (Å²) in [6.45, 7) is 4.20. The molecular formula is C37H34N6O4. The molecule has 0 radical (unpaired) electrons. The average molecular weight is 627 g/mol. The van der Waals surface area contributed by atoms with Gasteiger partial charge in [-0.1, -0.05) is 30.3 Å². The third kappa shape index (κ3) is 5.98. The minimum Gasteiger partial charge on any atom is -0.497 e. The highest BCUT2D eigenvalue weighted by atomic mass is 16.6. The van der Waals surface area contributed by atoms with Crippen LogP contribution in [0.2, 0.25) is 0 Å². The van der Waals surface area contributed by atoms with Crippen molar-refractivity contribution in [2.75, 3.05) is 43.5 Å². The van der Waals surface area contributed by atoms with E-state index in [0.717, 1.165) is 82.8 Å². The first-order chi connectivity index (χ1) is 22.9. The van der Waals surface area contributed by atoms with Gasteiger partial charge >= 0.3 is 0 Å². The number of nitro benzene ring substituents is 1. The molecule has 7 rings (SSSR count). The lowest BCUT2D eigenvalue weighted by molar-refractivity contribution is -0.384. The molecule has 2 aromatic heterocycles. The number of hydrogen-bond donors (Lipinski definition) is 1. The highest BCUT2D eigenvalue weighted by Gasteiger charge is 2.20. The molecule has 236 valence electrons. The quantitative estimate of drug-likeness (QED) is 0.145. The molecule has 1 aliphatic heterocycles. The zero-order valence-electron chi connectivity index (χ0n) is 26.2. The van der Waals surface area contributed by atoms with E-state index in [1.165, 1.54) is 0 Å². The summed E-state index contributed by atoms with van der Waals surface area (Å²) in [5, 5.41) is 16.1. The number of hydrogen-bond acceptors (Lipinski definition) is 7. The number of pyridine rings is 1. The number of benzene rings is 4. The van der Waals surface area contributed by atoms with Gasteiger partial charge in [0, 0.05) is 85.0 Å². The Morgan fingerprint density at radius 1 is 0.894 bits per heavy atom. The van der Waals surface area contributed by atoms with E-state index in [9.17, 15) is 14.9 Å². The standard InChI is InChI=1S/C37H34N6O4/c1-40-33-6-4-3-5-31(33)32-23-34(38-35(36(32)40)26-11-17-30(47-2)18-12-26)39-37(44)27-9-7-25(8-10-27)24-41-19-21-42(22-20-41)28-13-15-29(16-14-28)43(45)46/h3-18,23H,19-22,24H2,1-2H3,(H,38,39,44). The molecule has 10 nitrogen and oxygen atoms in total. The van der Waals surface area contributed by atoms with E-state index in [1.54, 1.807) is 19.2 Å². The Balaban J connectivity index is 1.06. The number of rotatable bonds is 8. The van der Waals surface area contributed by atoms with Crippen LogP contribution >= 0.6 is 0 Å². The Hall–Kier alpha value is -5.74. The van der Waals surface area contributed by atoms with Crippen LogP contribution in [-0.4, -0.2) is 58.6 Å². The molecule has 1 fully saturated rings. The van der Waals surface area contributed by atoms with E-state index in [-0.39, 0.29) is 16.5 Å². The van der Waals surface area contributed by atoms with Crippen LogP contribution in [0.15, 0.2) is 103 Å². The molecule has 4 aromatic carbocycles. The Labute approximate surface area is 272 Å². The van der Waals surface area contributed by atoms with Crippen LogP contribution in [0, 0.1) is 10.1 Å². The number of aromatic nitrogens is 2. The highest BCUT2D eigenvalue weighted by molar-refractivity contribution is 6.14. The number of carbonyl (C=O) groups is 1. The second kappa shape index (κ2) is 12.6. The van der Waals surface area contributed by atoms with Crippen LogP contribution in [0.4, 0.5) is 17.2 Å². The van der Waals surface area contributed by atoms with Crippen molar-refractivity contribution >= 4 is 44.9 Å². The van der Waals surface area contributed by atoms with Crippen LogP contribution in [0.3, 0.4) is 0 Å². The Morgan fingerprint density at radius 3 is 2.28 bits per heavy atom. The number of para-hydroxylation sites is 1. The lowest BCUT2D eigenvalue weighted by Crippen LogP contribution is -2.45. The molecular weight excluding hydrogens is 592 g/mol. The molecule has 0 spiro atoms. The van der Waals surface area contributed by atoms with Gasteiger partial charge in [0.1, 0.15) is 11.6 Å². The summed E-state index contributed by atoms with van der Waals surface area (Å²) in [6.07, 6.45) is 0. The molecule has 6 aromatic rings. The van der Waals surface area contributed by atoms with Crippen LogP contribution in [0.1, 0.15) is 15.9 Å². The summed E-state index contributed by atoms with van der Waals surface area (Å²) in [4.78, 5) is 33.6. The third-order valence-electron chi connectivity index (χ3n) is 8.91. The number of ether oxygens (including phenoxy) is 1. The topological polar surface area (TPSA) is 106 Å². The fourth-order valence-electron chi connectivity index (χ4n) is 6.37. The van der Waals surface area contributed by atoms with Gasteiger partial charge in [0.2, 0.25) is 0 Å². The largest absolute Gasteiger partial charge is 0.497 e. The predicted molar refractivity (Wildman–Crippen MR) is 185 cm³/mol. The van der Waals surface area contributed by atoms with Gasteiger partial charge in [-0.25, -0.2) is 4.98 Å². The number of nitro groups is 1. The van der Waals surface area contributed by atoms with Gasteiger partial charge in [-0.15, -0.1) is 0 Å². The predicted octanol–water partition coefficient (Wildman–Crippen LogP) is 6.88. The number of methoxy groups -OCH3 is 1. The Morgan fingerprint density at radius 2 is 1.60 bits per heavy atom. The number of fused-ring (bicyclic) bond motifs is 3. The molecule has 0 bridgehead atoms. The summed E-state index contributed by atoms with van der Waals surface area (Å²) in [5.41, 5.74) is 6.57. The van der Waals surface area contributed by atoms with Crippen molar-refractivity contribution in [3.05, 3.63) is 124 Å². The van der Waals surface area contributed by atoms with Gasteiger partial charge in [0.25, 0.3) is 11.6 Å². The summed E-state index contributed by atoms with van der Waals surface area (Å²) in [6, 6.07) is 32.4. The van der Waals surface area contributed by atoms with E-state index < -0.39 is 0 Å². The van der Waals surface area contributed by atoms with E-state index in [0.29, 0.717) is 11.4 Å². The molecule has 0 aliphatic carbocycles. The first kappa shape index (κ1) is 29.9. The summed E-state index contributed by atoms with van der Waals surface area (Å²) in [5.74, 6) is 1.03. The summed E-state index contributed by atoms with van der Waals surface area (Å²) in [7, 11) is 3.68.